The Balaban J connectivity index is 1.06. The average Bonchev–Trinajstić information content (AvgIpc) is 3.26. The molecule has 5 atom stereocenters. The Morgan fingerprint density at radius 3 is 2.11 bits per heavy atom. The zero-order chi connectivity index (χ0) is 42.9. The number of hydrogen-bond donors (Lipinski definition) is 3. The zero-order valence-corrected chi connectivity index (χ0v) is 34.6. The highest BCUT2D eigenvalue weighted by molar-refractivity contribution is 5.84. The predicted molar refractivity (Wildman–Crippen MR) is 226 cm³/mol. The molecule has 6 rings (SSSR count). The summed E-state index contributed by atoms with van der Waals surface area (Å²) in [5.74, 6) is -2.43. The molecule has 0 saturated carbocycles. The SMILES string of the molecule is CCOC(=O)[C@H](Cc1ccccc1)NC(=O)CC[C@@H]1C[C@@H](OC(=O)NCCc2ccc(F)cc2)C[C@@]2(CCC[C@H](COC(=O)NCC(c3ccccc3)c3ccccc3)O2)O1. The van der Waals surface area contributed by atoms with Crippen LogP contribution in [0.2, 0.25) is 0 Å². The van der Waals surface area contributed by atoms with Crippen LogP contribution >= 0.6 is 0 Å². The van der Waals surface area contributed by atoms with Gasteiger partial charge in [0.15, 0.2) is 5.79 Å². The van der Waals surface area contributed by atoms with Gasteiger partial charge in [0.05, 0.1) is 18.8 Å². The number of nitrogens with one attached hydrogen (secondary N) is 3. The van der Waals surface area contributed by atoms with Gasteiger partial charge in [0.25, 0.3) is 0 Å². The summed E-state index contributed by atoms with van der Waals surface area (Å²) in [7, 11) is 0. The molecular formula is C48H56FN3O9. The van der Waals surface area contributed by atoms with Crippen molar-refractivity contribution in [1.29, 1.82) is 0 Å². The van der Waals surface area contributed by atoms with Crippen molar-refractivity contribution in [3.05, 3.63) is 143 Å². The maximum atomic E-state index is 13.4. The number of amides is 3. The highest BCUT2D eigenvalue weighted by atomic mass is 19.1. The first kappa shape index (κ1) is 44.8. The molecule has 3 amide bonds. The molecule has 1 spiro atoms. The van der Waals surface area contributed by atoms with Crippen LogP contribution in [0.15, 0.2) is 115 Å². The molecule has 0 aromatic heterocycles. The van der Waals surface area contributed by atoms with Crippen LogP contribution in [0.3, 0.4) is 0 Å². The van der Waals surface area contributed by atoms with E-state index in [0.29, 0.717) is 38.6 Å². The topological polar surface area (TPSA) is 151 Å². The molecule has 12 nitrogen and oxygen atoms in total. The van der Waals surface area contributed by atoms with Gasteiger partial charge in [-0.2, -0.15) is 0 Å². The fourth-order valence-electron chi connectivity index (χ4n) is 7.97. The molecule has 61 heavy (non-hydrogen) atoms. The minimum Gasteiger partial charge on any atom is -0.464 e. The fraction of sp³-hybridized carbons (Fsp3) is 0.417. The smallest absolute Gasteiger partial charge is 0.407 e. The molecule has 0 bridgehead atoms. The molecule has 13 heteroatoms. The lowest BCUT2D eigenvalue weighted by Crippen LogP contribution is -2.54. The number of esters is 1. The molecule has 2 fully saturated rings. The summed E-state index contributed by atoms with van der Waals surface area (Å²) < 4.78 is 43.5. The predicted octanol–water partition coefficient (Wildman–Crippen LogP) is 7.54. The van der Waals surface area contributed by atoms with Crippen molar-refractivity contribution in [3.8, 4) is 0 Å². The number of carbonyl (C=O) groups is 4. The molecule has 0 radical (unpaired) electrons. The van der Waals surface area contributed by atoms with Gasteiger partial charge in [-0.3, -0.25) is 4.79 Å². The van der Waals surface area contributed by atoms with Gasteiger partial charge in [0, 0.05) is 51.1 Å². The molecule has 2 saturated heterocycles. The van der Waals surface area contributed by atoms with Crippen LogP contribution in [-0.4, -0.2) is 80.5 Å². The van der Waals surface area contributed by atoms with Crippen LogP contribution < -0.4 is 16.0 Å². The molecular weight excluding hydrogens is 782 g/mol. The third-order valence-corrected chi connectivity index (χ3v) is 10.9. The Morgan fingerprint density at radius 2 is 1.44 bits per heavy atom. The van der Waals surface area contributed by atoms with Crippen LogP contribution in [0.4, 0.5) is 14.0 Å². The van der Waals surface area contributed by atoms with Crippen LogP contribution in [0, 0.1) is 5.82 Å². The number of hydrogen-bond acceptors (Lipinski definition) is 9. The Kier molecular flexibility index (Phi) is 16.7. The summed E-state index contributed by atoms with van der Waals surface area (Å²) in [6.45, 7) is 2.49. The Labute approximate surface area is 356 Å². The second-order valence-corrected chi connectivity index (χ2v) is 15.5. The van der Waals surface area contributed by atoms with Gasteiger partial charge in [-0.25, -0.2) is 18.8 Å². The maximum Gasteiger partial charge on any atom is 0.407 e. The van der Waals surface area contributed by atoms with Crippen molar-refractivity contribution in [2.75, 3.05) is 26.3 Å². The number of carbonyl (C=O) groups excluding carboxylic acids is 4. The summed E-state index contributed by atoms with van der Waals surface area (Å²) in [5, 5.41) is 8.56. The quantitative estimate of drug-likeness (QED) is 0.0683. The van der Waals surface area contributed by atoms with E-state index in [1.807, 2.05) is 91.0 Å². The largest absolute Gasteiger partial charge is 0.464 e. The first-order valence-electron chi connectivity index (χ1n) is 21.2. The van der Waals surface area contributed by atoms with Crippen LogP contribution in [0.1, 0.15) is 80.0 Å². The lowest BCUT2D eigenvalue weighted by molar-refractivity contribution is -0.329. The van der Waals surface area contributed by atoms with Crippen molar-refractivity contribution in [1.82, 2.24) is 16.0 Å². The highest BCUT2D eigenvalue weighted by Crippen LogP contribution is 2.41. The van der Waals surface area contributed by atoms with Gasteiger partial charge in [-0.1, -0.05) is 103 Å². The number of halogens is 1. The molecule has 4 aromatic carbocycles. The second-order valence-electron chi connectivity index (χ2n) is 15.5. The van der Waals surface area contributed by atoms with Gasteiger partial charge in [-0.15, -0.1) is 0 Å². The normalized spacial score (nSPS) is 20.3. The van der Waals surface area contributed by atoms with E-state index in [1.165, 1.54) is 12.1 Å². The number of alkyl carbamates (subject to hydrolysis) is 2. The molecule has 324 valence electrons. The van der Waals surface area contributed by atoms with Gasteiger partial charge >= 0.3 is 18.2 Å². The summed E-state index contributed by atoms with van der Waals surface area (Å²) in [6.07, 6.45) is 0.585. The lowest BCUT2D eigenvalue weighted by Gasteiger charge is -2.47. The lowest BCUT2D eigenvalue weighted by atomic mass is 9.90. The van der Waals surface area contributed by atoms with Crippen LogP contribution in [0.25, 0.3) is 0 Å². The molecule has 0 unspecified atom stereocenters. The Hall–Kier alpha value is -5.79. The van der Waals surface area contributed by atoms with Gasteiger partial charge in [-0.05, 0) is 67.0 Å². The van der Waals surface area contributed by atoms with E-state index in [4.69, 9.17) is 23.7 Å². The Morgan fingerprint density at radius 1 is 0.787 bits per heavy atom. The maximum absolute atomic E-state index is 13.4. The standard InChI is InChI=1S/C48H56FN3O9/c1-2-57-45(54)43(29-35-13-6-3-7-14-35)52-44(53)25-24-39-30-41(59-47(56)50-28-26-34-20-22-38(49)23-21-34)31-48(60-39)27-12-19-40(61-48)33-58-46(55)51-32-42(36-15-8-4-9-16-36)37-17-10-5-11-18-37/h3-11,13-18,20-23,39-43H,2,12,19,24-33H2,1H3,(H,50,56)(H,51,55)(H,52,53)/t39-,40-,41-,43+,48+/m1/s1. The first-order chi connectivity index (χ1) is 29.7. The van der Waals surface area contributed by atoms with Gasteiger partial charge in [0.2, 0.25) is 5.91 Å². The monoisotopic (exact) mass is 837 g/mol. The van der Waals surface area contributed by atoms with Gasteiger partial charge < -0.3 is 39.6 Å². The molecule has 3 N–H and O–H groups in total. The van der Waals surface area contributed by atoms with E-state index in [1.54, 1.807) is 19.1 Å². The molecule has 0 aliphatic carbocycles. The third-order valence-electron chi connectivity index (χ3n) is 10.9. The minimum atomic E-state index is -1.16. The zero-order valence-electron chi connectivity index (χ0n) is 34.6. The van der Waals surface area contributed by atoms with Crippen molar-refractivity contribution < 1.29 is 47.3 Å². The summed E-state index contributed by atoms with van der Waals surface area (Å²) >= 11 is 0. The van der Waals surface area contributed by atoms with Gasteiger partial charge in [0.1, 0.15) is 24.6 Å². The molecule has 4 aromatic rings. The van der Waals surface area contributed by atoms with Crippen molar-refractivity contribution in [2.45, 2.75) is 101 Å². The van der Waals surface area contributed by atoms with Crippen LogP contribution in [-0.2, 0) is 46.1 Å². The number of rotatable bonds is 18. The van der Waals surface area contributed by atoms with Crippen LogP contribution in [0.5, 0.6) is 0 Å². The fourth-order valence-corrected chi connectivity index (χ4v) is 7.97. The first-order valence-corrected chi connectivity index (χ1v) is 21.2. The minimum absolute atomic E-state index is 0.0165. The summed E-state index contributed by atoms with van der Waals surface area (Å²) in [5.41, 5.74) is 3.88. The molecule has 2 aliphatic heterocycles. The van der Waals surface area contributed by atoms with E-state index in [2.05, 4.69) is 16.0 Å². The highest BCUT2D eigenvalue weighted by Gasteiger charge is 2.47. The van der Waals surface area contributed by atoms with E-state index in [0.717, 1.165) is 22.3 Å². The molecule has 2 aliphatic rings. The summed E-state index contributed by atoms with van der Waals surface area (Å²) in [4.78, 5) is 52.3. The van der Waals surface area contributed by atoms with Crippen molar-refractivity contribution in [2.24, 2.45) is 0 Å². The Bertz CT molecular complexity index is 1950. The average molecular weight is 838 g/mol. The van der Waals surface area contributed by atoms with Crippen molar-refractivity contribution >= 4 is 24.1 Å². The number of ether oxygens (including phenoxy) is 5. The molecule has 2 heterocycles. The van der Waals surface area contributed by atoms with E-state index in [9.17, 15) is 23.6 Å². The van der Waals surface area contributed by atoms with E-state index < -0.39 is 48.3 Å². The van der Waals surface area contributed by atoms with Crippen molar-refractivity contribution in [3.63, 3.8) is 0 Å². The summed E-state index contributed by atoms with van der Waals surface area (Å²) in [6, 6.07) is 34.5. The third kappa shape index (κ3) is 14.1. The second kappa shape index (κ2) is 22.7. The van der Waals surface area contributed by atoms with E-state index >= 15 is 0 Å². The number of benzene rings is 4. The van der Waals surface area contributed by atoms with E-state index in [-0.39, 0.29) is 63.1 Å².